The van der Waals surface area contributed by atoms with Crippen molar-refractivity contribution in [1.82, 2.24) is 19.5 Å². The van der Waals surface area contributed by atoms with Gasteiger partial charge in [-0.05, 0) is 33.2 Å². The summed E-state index contributed by atoms with van der Waals surface area (Å²) in [7, 11) is 0. The molecule has 0 radical (unpaired) electrons. The van der Waals surface area contributed by atoms with Crippen LogP contribution in [0.3, 0.4) is 0 Å². The maximum Gasteiger partial charge on any atom is 0.238 e. The Morgan fingerprint density at radius 3 is 1.74 bits per heavy atom. The van der Waals surface area contributed by atoms with Gasteiger partial charge in [0.25, 0.3) is 0 Å². The van der Waals surface area contributed by atoms with E-state index in [0.29, 0.717) is 17.6 Å². The molecule has 0 atom stereocenters. The number of aromatic nitrogens is 4. The first-order valence-corrected chi connectivity index (χ1v) is 17.1. The molecule has 4 nitrogen and oxygen atoms in total. The second-order valence-corrected chi connectivity index (χ2v) is 13.6. The molecule has 50 heavy (non-hydrogen) atoms. The van der Waals surface area contributed by atoms with E-state index in [1.165, 1.54) is 33.2 Å². The van der Waals surface area contributed by atoms with E-state index in [4.69, 9.17) is 15.0 Å². The molecule has 2 aromatic heterocycles. The summed E-state index contributed by atoms with van der Waals surface area (Å²) in [5.74, 6) is 1.87. The Labute approximate surface area is 290 Å². The summed E-state index contributed by atoms with van der Waals surface area (Å²) in [6, 6.07) is 55.9. The predicted molar refractivity (Wildman–Crippen MR) is 206 cm³/mol. The van der Waals surface area contributed by atoms with Crippen molar-refractivity contribution in [2.45, 2.75) is 19.3 Å². The quantitative estimate of drug-likeness (QED) is 0.192. The molecule has 10 rings (SSSR count). The highest BCUT2D eigenvalue weighted by atomic mass is 15.2. The third-order valence-electron chi connectivity index (χ3n) is 10.5. The lowest BCUT2D eigenvalue weighted by Gasteiger charge is -2.21. The van der Waals surface area contributed by atoms with Crippen LogP contribution in [0.15, 0.2) is 158 Å². The summed E-state index contributed by atoms with van der Waals surface area (Å²) in [5.41, 5.74) is 11.6. The van der Waals surface area contributed by atoms with Crippen LogP contribution >= 0.6 is 0 Å². The van der Waals surface area contributed by atoms with Crippen molar-refractivity contribution in [1.29, 1.82) is 0 Å². The first kappa shape index (κ1) is 28.6. The molecule has 0 saturated carbocycles. The summed E-state index contributed by atoms with van der Waals surface area (Å²) in [6.45, 7) is 4.68. The average Bonchev–Trinajstić information content (AvgIpc) is 3.65. The molecular weight excluding hydrogens is 609 g/mol. The summed E-state index contributed by atoms with van der Waals surface area (Å²) >= 11 is 0. The topological polar surface area (TPSA) is 43.6 Å². The first-order chi connectivity index (χ1) is 24.6. The highest BCUT2D eigenvalue weighted by Gasteiger charge is 2.37. The standard InChI is InChI=1S/C46H32N4/c1-46(2)38-25-12-11-21-37(38)40-33(22-14-26-39(40)46)34-23-13-24-35-36-28-27-29-15-9-10-20-32(29)41(36)50(42(34)35)45-48-43(30-16-5-3-6-17-30)47-44(49-45)31-18-7-4-8-19-31/h3-28H,1-2H3. The zero-order valence-electron chi connectivity index (χ0n) is 27.8. The number of benzene rings is 7. The van der Waals surface area contributed by atoms with Crippen LogP contribution < -0.4 is 0 Å². The Morgan fingerprint density at radius 2 is 0.980 bits per heavy atom. The van der Waals surface area contributed by atoms with Crippen molar-refractivity contribution in [3.63, 3.8) is 0 Å². The van der Waals surface area contributed by atoms with Crippen molar-refractivity contribution >= 4 is 32.6 Å². The van der Waals surface area contributed by atoms with E-state index in [1.807, 2.05) is 36.4 Å². The first-order valence-electron chi connectivity index (χ1n) is 17.1. The Hall–Kier alpha value is -6.39. The highest BCUT2D eigenvalue weighted by molar-refractivity contribution is 6.21. The molecule has 0 fully saturated rings. The SMILES string of the molecule is CC1(C)c2ccccc2-c2c(-c3cccc4c5ccc6ccccc6c5n(-c5nc(-c6ccccc6)nc(-c6ccccc6)n5)c34)cccc21. The van der Waals surface area contributed by atoms with E-state index in [-0.39, 0.29) is 5.41 Å². The third-order valence-corrected chi connectivity index (χ3v) is 10.5. The molecule has 9 aromatic rings. The molecule has 0 amide bonds. The zero-order valence-corrected chi connectivity index (χ0v) is 27.8. The monoisotopic (exact) mass is 640 g/mol. The molecule has 2 heterocycles. The molecule has 0 spiro atoms. The van der Waals surface area contributed by atoms with Crippen LogP contribution in [0.1, 0.15) is 25.0 Å². The Morgan fingerprint density at radius 1 is 0.420 bits per heavy atom. The normalized spacial score (nSPS) is 13.2. The number of hydrogen-bond donors (Lipinski definition) is 0. The van der Waals surface area contributed by atoms with Crippen LogP contribution in [-0.4, -0.2) is 19.5 Å². The van der Waals surface area contributed by atoms with Crippen LogP contribution in [-0.2, 0) is 5.41 Å². The summed E-state index contributed by atoms with van der Waals surface area (Å²) in [5, 5.41) is 4.65. The van der Waals surface area contributed by atoms with Crippen LogP contribution in [0, 0.1) is 0 Å². The lowest BCUT2D eigenvalue weighted by atomic mass is 9.82. The molecule has 0 N–H and O–H groups in total. The maximum atomic E-state index is 5.29. The Bertz CT molecular complexity index is 2720. The Balaban J connectivity index is 1.37. The third kappa shape index (κ3) is 4.15. The van der Waals surface area contributed by atoms with Gasteiger partial charge in [0.2, 0.25) is 5.95 Å². The minimum absolute atomic E-state index is 0.109. The van der Waals surface area contributed by atoms with Crippen molar-refractivity contribution in [3.05, 3.63) is 169 Å². The van der Waals surface area contributed by atoms with E-state index in [1.54, 1.807) is 0 Å². The molecule has 1 aliphatic carbocycles. The lowest BCUT2D eigenvalue weighted by molar-refractivity contribution is 0.660. The van der Waals surface area contributed by atoms with Gasteiger partial charge in [-0.1, -0.05) is 172 Å². The molecule has 1 aliphatic rings. The fourth-order valence-corrected chi connectivity index (χ4v) is 8.12. The average molecular weight is 641 g/mol. The number of hydrogen-bond acceptors (Lipinski definition) is 3. The van der Waals surface area contributed by atoms with Crippen molar-refractivity contribution < 1.29 is 0 Å². The van der Waals surface area contributed by atoms with Gasteiger partial charge in [0.05, 0.1) is 11.0 Å². The van der Waals surface area contributed by atoms with Crippen molar-refractivity contribution in [2.24, 2.45) is 0 Å². The largest absolute Gasteiger partial charge is 0.277 e. The van der Waals surface area contributed by atoms with Crippen LogP contribution in [0.5, 0.6) is 0 Å². The van der Waals surface area contributed by atoms with Crippen LogP contribution in [0.2, 0.25) is 0 Å². The lowest BCUT2D eigenvalue weighted by Crippen LogP contribution is -2.14. The molecule has 4 heteroatoms. The Kier molecular flexibility index (Phi) is 6.19. The zero-order chi connectivity index (χ0) is 33.4. The summed E-state index contributed by atoms with van der Waals surface area (Å²) < 4.78 is 2.30. The van der Waals surface area contributed by atoms with E-state index in [0.717, 1.165) is 43.9 Å². The molecule has 0 saturated heterocycles. The predicted octanol–water partition coefficient (Wildman–Crippen LogP) is 11.4. The van der Waals surface area contributed by atoms with Crippen LogP contribution in [0.4, 0.5) is 0 Å². The summed E-state index contributed by atoms with van der Waals surface area (Å²) in [4.78, 5) is 15.6. The molecule has 7 aromatic carbocycles. The molecule has 0 aliphatic heterocycles. The minimum Gasteiger partial charge on any atom is -0.277 e. The van der Waals surface area contributed by atoms with Gasteiger partial charge in [-0.3, -0.25) is 4.57 Å². The highest BCUT2D eigenvalue weighted by Crippen LogP contribution is 2.53. The van der Waals surface area contributed by atoms with Gasteiger partial charge in [0.15, 0.2) is 11.6 Å². The van der Waals surface area contributed by atoms with Gasteiger partial charge in [0.1, 0.15) is 0 Å². The van der Waals surface area contributed by atoms with Gasteiger partial charge in [-0.15, -0.1) is 0 Å². The van der Waals surface area contributed by atoms with E-state index in [2.05, 4.69) is 140 Å². The minimum atomic E-state index is -0.109. The number of nitrogens with zero attached hydrogens (tertiary/aromatic N) is 4. The molecular formula is C46H32N4. The maximum absolute atomic E-state index is 5.29. The molecule has 0 bridgehead atoms. The van der Waals surface area contributed by atoms with E-state index >= 15 is 0 Å². The number of rotatable bonds is 4. The van der Waals surface area contributed by atoms with Gasteiger partial charge >= 0.3 is 0 Å². The van der Waals surface area contributed by atoms with Gasteiger partial charge in [-0.2, -0.15) is 9.97 Å². The van der Waals surface area contributed by atoms with Crippen LogP contribution in [0.25, 0.3) is 83.6 Å². The van der Waals surface area contributed by atoms with E-state index in [9.17, 15) is 0 Å². The van der Waals surface area contributed by atoms with Gasteiger partial charge in [0, 0.05) is 38.3 Å². The second-order valence-electron chi connectivity index (χ2n) is 13.6. The number of fused-ring (bicyclic) bond motifs is 8. The van der Waals surface area contributed by atoms with Crippen molar-refractivity contribution in [3.8, 4) is 51.0 Å². The second kappa shape index (κ2) is 10.8. The summed E-state index contributed by atoms with van der Waals surface area (Å²) in [6.07, 6.45) is 0. The van der Waals surface area contributed by atoms with Gasteiger partial charge in [-0.25, -0.2) is 4.98 Å². The smallest absolute Gasteiger partial charge is 0.238 e. The fraction of sp³-hybridized carbons (Fsp3) is 0.0652. The van der Waals surface area contributed by atoms with Gasteiger partial charge < -0.3 is 0 Å². The molecule has 236 valence electrons. The number of para-hydroxylation sites is 1. The molecule has 0 unspecified atom stereocenters. The van der Waals surface area contributed by atoms with E-state index < -0.39 is 0 Å². The van der Waals surface area contributed by atoms with Crippen molar-refractivity contribution in [2.75, 3.05) is 0 Å². The fourth-order valence-electron chi connectivity index (χ4n) is 8.12.